The van der Waals surface area contributed by atoms with Crippen LogP contribution in [0.1, 0.15) is 19.8 Å². The van der Waals surface area contributed by atoms with Crippen molar-refractivity contribution in [3.8, 4) is 11.8 Å². The Kier molecular flexibility index (Phi) is 3.96. The number of benzene rings is 1. The van der Waals surface area contributed by atoms with E-state index in [2.05, 4.69) is 16.3 Å². The zero-order valence-electron chi connectivity index (χ0n) is 11.8. The molecular formula is C15H21N3O. The Labute approximate surface area is 115 Å². The van der Waals surface area contributed by atoms with Gasteiger partial charge in [0.15, 0.2) is 0 Å². The molecule has 1 saturated carbocycles. The Morgan fingerprint density at radius 1 is 1.47 bits per heavy atom. The third kappa shape index (κ3) is 3.39. The predicted molar refractivity (Wildman–Crippen MR) is 76.4 cm³/mol. The van der Waals surface area contributed by atoms with E-state index in [1.807, 2.05) is 38.2 Å². The Morgan fingerprint density at radius 2 is 2.16 bits per heavy atom. The molecule has 1 atom stereocenters. The average molecular weight is 259 g/mol. The van der Waals surface area contributed by atoms with Gasteiger partial charge in [0.25, 0.3) is 0 Å². The van der Waals surface area contributed by atoms with Crippen LogP contribution in [-0.2, 0) is 0 Å². The van der Waals surface area contributed by atoms with Crippen molar-refractivity contribution < 1.29 is 4.74 Å². The predicted octanol–water partition coefficient (Wildman–Crippen LogP) is 2.17. The number of rotatable bonds is 6. The molecule has 0 spiro atoms. The highest BCUT2D eigenvalue weighted by Gasteiger charge is 2.33. The van der Waals surface area contributed by atoms with Crippen molar-refractivity contribution >= 4 is 5.69 Å². The Balaban J connectivity index is 2.10. The molecule has 0 aromatic heterocycles. The number of hydrogen-bond acceptors (Lipinski definition) is 4. The molecule has 0 bridgehead atoms. The maximum Gasteiger partial charge on any atom is 0.142 e. The summed E-state index contributed by atoms with van der Waals surface area (Å²) in [5, 5.41) is 12.8. The van der Waals surface area contributed by atoms with Gasteiger partial charge in [0.05, 0.1) is 18.9 Å². The molecule has 1 aliphatic rings. The molecule has 1 fully saturated rings. The van der Waals surface area contributed by atoms with Gasteiger partial charge in [0.2, 0.25) is 0 Å². The molecule has 0 heterocycles. The van der Waals surface area contributed by atoms with Crippen molar-refractivity contribution in [1.82, 2.24) is 5.32 Å². The van der Waals surface area contributed by atoms with E-state index in [-0.39, 0.29) is 0 Å². The average Bonchev–Trinajstić information content (AvgIpc) is 3.22. The molecule has 4 heteroatoms. The molecule has 1 unspecified atom stereocenters. The van der Waals surface area contributed by atoms with E-state index in [1.165, 1.54) is 12.8 Å². The van der Waals surface area contributed by atoms with Gasteiger partial charge in [0.1, 0.15) is 11.3 Å². The van der Waals surface area contributed by atoms with Crippen molar-refractivity contribution in [3.05, 3.63) is 24.3 Å². The second-order valence-electron chi connectivity index (χ2n) is 5.39. The van der Waals surface area contributed by atoms with E-state index in [0.29, 0.717) is 12.6 Å². The molecule has 1 N–H and O–H groups in total. The van der Waals surface area contributed by atoms with Gasteiger partial charge in [-0.2, -0.15) is 5.26 Å². The number of anilines is 1. The normalized spacial score (nSPS) is 17.4. The fourth-order valence-electron chi connectivity index (χ4n) is 2.30. The first-order valence-corrected chi connectivity index (χ1v) is 6.61. The minimum absolute atomic E-state index is 0.510. The van der Waals surface area contributed by atoms with Gasteiger partial charge in [0, 0.05) is 19.6 Å². The molecule has 1 aromatic carbocycles. The summed E-state index contributed by atoms with van der Waals surface area (Å²) < 4.78 is 5.36. The molecule has 1 aromatic rings. The lowest BCUT2D eigenvalue weighted by Crippen LogP contribution is -2.50. The van der Waals surface area contributed by atoms with E-state index in [1.54, 1.807) is 7.11 Å². The SMILES string of the molecule is COc1ccccc1N(C)CC(C)(C#N)NC1CC1. The van der Waals surface area contributed by atoms with Crippen molar-refractivity contribution in [3.63, 3.8) is 0 Å². The van der Waals surface area contributed by atoms with Crippen LogP contribution in [0, 0.1) is 11.3 Å². The zero-order chi connectivity index (χ0) is 13.9. The highest BCUT2D eigenvalue weighted by atomic mass is 16.5. The summed E-state index contributed by atoms with van der Waals surface area (Å²) in [6.07, 6.45) is 2.35. The first-order valence-electron chi connectivity index (χ1n) is 6.61. The van der Waals surface area contributed by atoms with Crippen LogP contribution in [-0.4, -0.2) is 32.3 Å². The number of para-hydroxylation sites is 2. The van der Waals surface area contributed by atoms with Crippen molar-refractivity contribution in [2.45, 2.75) is 31.3 Å². The minimum Gasteiger partial charge on any atom is -0.495 e. The summed E-state index contributed by atoms with van der Waals surface area (Å²) in [7, 11) is 3.65. The van der Waals surface area contributed by atoms with E-state index >= 15 is 0 Å². The molecule has 0 aliphatic heterocycles. The largest absolute Gasteiger partial charge is 0.495 e. The van der Waals surface area contributed by atoms with Gasteiger partial charge in [-0.25, -0.2) is 0 Å². The first kappa shape index (κ1) is 13.7. The van der Waals surface area contributed by atoms with E-state index < -0.39 is 5.54 Å². The molecule has 0 radical (unpaired) electrons. The fourth-order valence-corrected chi connectivity index (χ4v) is 2.30. The molecule has 19 heavy (non-hydrogen) atoms. The second kappa shape index (κ2) is 5.50. The van der Waals surface area contributed by atoms with Crippen LogP contribution < -0.4 is 15.0 Å². The quantitative estimate of drug-likeness (QED) is 0.850. The van der Waals surface area contributed by atoms with E-state index in [0.717, 1.165) is 11.4 Å². The van der Waals surface area contributed by atoms with Crippen LogP contribution in [0.5, 0.6) is 5.75 Å². The molecule has 1 aliphatic carbocycles. The third-order valence-electron chi connectivity index (χ3n) is 3.40. The second-order valence-corrected chi connectivity index (χ2v) is 5.39. The summed E-state index contributed by atoms with van der Waals surface area (Å²) in [6, 6.07) is 10.8. The summed E-state index contributed by atoms with van der Waals surface area (Å²) in [5.74, 6) is 0.830. The number of methoxy groups -OCH3 is 1. The molecule has 0 amide bonds. The highest BCUT2D eigenvalue weighted by molar-refractivity contribution is 5.58. The van der Waals surface area contributed by atoms with Crippen molar-refractivity contribution in [2.75, 3.05) is 25.6 Å². The molecular weight excluding hydrogens is 238 g/mol. The summed E-state index contributed by atoms with van der Waals surface area (Å²) in [6.45, 7) is 2.58. The van der Waals surface area contributed by atoms with Crippen LogP contribution >= 0.6 is 0 Å². The monoisotopic (exact) mass is 259 g/mol. The Hall–Kier alpha value is -1.73. The number of nitriles is 1. The van der Waals surface area contributed by atoms with E-state index in [4.69, 9.17) is 4.74 Å². The Bertz CT molecular complexity index is 479. The maximum atomic E-state index is 9.41. The smallest absolute Gasteiger partial charge is 0.142 e. The zero-order valence-corrected chi connectivity index (χ0v) is 11.8. The van der Waals surface area contributed by atoms with Gasteiger partial charge in [-0.1, -0.05) is 12.1 Å². The summed E-state index contributed by atoms with van der Waals surface area (Å²) in [5.41, 5.74) is 0.473. The standard InChI is InChI=1S/C15H21N3O/c1-15(10-16,17-12-8-9-12)11-18(2)13-6-4-5-7-14(13)19-3/h4-7,12,17H,8-9,11H2,1-3H3. The lowest BCUT2D eigenvalue weighted by Gasteiger charge is -2.31. The lowest BCUT2D eigenvalue weighted by molar-refractivity contribution is 0.410. The highest BCUT2D eigenvalue weighted by Crippen LogP contribution is 2.28. The number of nitrogens with zero attached hydrogens (tertiary/aromatic N) is 2. The third-order valence-corrected chi connectivity index (χ3v) is 3.40. The molecule has 2 rings (SSSR count). The van der Waals surface area contributed by atoms with Gasteiger partial charge in [-0.15, -0.1) is 0 Å². The maximum absolute atomic E-state index is 9.41. The minimum atomic E-state index is -0.531. The topological polar surface area (TPSA) is 48.3 Å². The van der Waals surface area contributed by atoms with Crippen molar-refractivity contribution in [1.29, 1.82) is 5.26 Å². The summed E-state index contributed by atoms with van der Waals surface area (Å²) >= 11 is 0. The van der Waals surface area contributed by atoms with Gasteiger partial charge in [-0.05, 0) is 31.9 Å². The molecule has 0 saturated heterocycles. The number of likely N-dealkylation sites (N-methyl/N-ethyl adjacent to an activating group) is 1. The Morgan fingerprint density at radius 3 is 2.74 bits per heavy atom. The van der Waals surface area contributed by atoms with Crippen LogP contribution in [0.2, 0.25) is 0 Å². The summed E-state index contributed by atoms with van der Waals surface area (Å²) in [4.78, 5) is 2.07. The molecule has 102 valence electrons. The van der Waals surface area contributed by atoms with E-state index in [9.17, 15) is 5.26 Å². The fraction of sp³-hybridized carbons (Fsp3) is 0.533. The number of nitrogens with one attached hydrogen (secondary N) is 1. The lowest BCUT2D eigenvalue weighted by atomic mass is 10.0. The first-order chi connectivity index (χ1) is 9.08. The van der Waals surface area contributed by atoms with Gasteiger partial charge < -0.3 is 9.64 Å². The van der Waals surface area contributed by atoms with Crippen LogP contribution in [0.4, 0.5) is 5.69 Å². The van der Waals surface area contributed by atoms with Crippen LogP contribution in [0.3, 0.4) is 0 Å². The number of ether oxygens (including phenoxy) is 1. The van der Waals surface area contributed by atoms with Gasteiger partial charge in [-0.3, -0.25) is 5.32 Å². The van der Waals surface area contributed by atoms with Crippen LogP contribution in [0.15, 0.2) is 24.3 Å². The van der Waals surface area contributed by atoms with Crippen LogP contribution in [0.25, 0.3) is 0 Å². The number of hydrogen-bond donors (Lipinski definition) is 1. The van der Waals surface area contributed by atoms with Gasteiger partial charge >= 0.3 is 0 Å². The molecule has 4 nitrogen and oxygen atoms in total. The van der Waals surface area contributed by atoms with Crippen molar-refractivity contribution in [2.24, 2.45) is 0 Å².